The van der Waals surface area contributed by atoms with Gasteiger partial charge in [0.05, 0.1) is 0 Å². The maximum atomic E-state index is 2.42. The Hall–Kier alpha value is -7.28. The van der Waals surface area contributed by atoms with Crippen LogP contribution in [0.2, 0.25) is 0 Å². The van der Waals surface area contributed by atoms with Gasteiger partial charge >= 0.3 is 0 Å². The average molecular weight is 749 g/mol. The molecule has 11 aromatic rings. The highest BCUT2D eigenvalue weighted by Crippen LogP contribution is 2.52. The Kier molecular flexibility index (Phi) is 7.38. The van der Waals surface area contributed by atoms with Crippen molar-refractivity contribution in [2.45, 2.75) is 19.3 Å². The molecule has 0 radical (unpaired) electrons. The van der Waals surface area contributed by atoms with Crippen LogP contribution in [-0.4, -0.2) is 0 Å². The van der Waals surface area contributed by atoms with Gasteiger partial charge in [-0.15, -0.1) is 0 Å². The summed E-state index contributed by atoms with van der Waals surface area (Å²) in [6, 6.07) is 77.0. The molecule has 0 fully saturated rings. The van der Waals surface area contributed by atoms with Crippen molar-refractivity contribution >= 4 is 53.9 Å². The van der Waals surface area contributed by atoms with Crippen molar-refractivity contribution in [3.8, 4) is 55.6 Å². The molecular formula is C59H40. The Morgan fingerprint density at radius 2 is 0.712 bits per heavy atom. The largest absolute Gasteiger partial charge is 0.0616 e. The highest BCUT2D eigenvalue weighted by atomic mass is 14.4. The predicted molar refractivity (Wildman–Crippen MR) is 253 cm³/mol. The van der Waals surface area contributed by atoms with E-state index in [2.05, 4.69) is 220 Å². The molecule has 0 heteroatoms. The van der Waals surface area contributed by atoms with Gasteiger partial charge in [0.2, 0.25) is 0 Å². The van der Waals surface area contributed by atoms with Crippen molar-refractivity contribution < 1.29 is 0 Å². The van der Waals surface area contributed by atoms with E-state index in [4.69, 9.17) is 0 Å². The molecule has 0 nitrogen and oxygen atoms in total. The maximum absolute atomic E-state index is 2.42. The van der Waals surface area contributed by atoms with Gasteiger partial charge in [-0.25, -0.2) is 0 Å². The first-order valence-electron chi connectivity index (χ1n) is 20.8. The van der Waals surface area contributed by atoms with Gasteiger partial charge < -0.3 is 0 Å². The summed E-state index contributed by atoms with van der Waals surface area (Å²) in [6.45, 7) is 4.73. The van der Waals surface area contributed by atoms with Crippen molar-refractivity contribution in [2.24, 2.45) is 0 Å². The first-order chi connectivity index (χ1) is 29.0. The van der Waals surface area contributed by atoms with Gasteiger partial charge in [-0.3, -0.25) is 0 Å². The summed E-state index contributed by atoms with van der Waals surface area (Å²) in [6.07, 6.45) is 0. The summed E-state index contributed by atoms with van der Waals surface area (Å²) in [7, 11) is 0. The molecule has 0 saturated heterocycles. The molecule has 0 unspecified atom stereocenters. The zero-order chi connectivity index (χ0) is 39.2. The lowest BCUT2D eigenvalue weighted by molar-refractivity contribution is 0.661. The van der Waals surface area contributed by atoms with Gasteiger partial charge in [-0.1, -0.05) is 196 Å². The third-order valence-corrected chi connectivity index (χ3v) is 13.2. The predicted octanol–water partition coefficient (Wildman–Crippen LogP) is 16.4. The molecule has 276 valence electrons. The molecule has 0 N–H and O–H groups in total. The lowest BCUT2D eigenvalue weighted by atomic mass is 9.81. The molecule has 12 rings (SSSR count). The van der Waals surface area contributed by atoms with Gasteiger partial charge in [0.25, 0.3) is 0 Å². The van der Waals surface area contributed by atoms with Gasteiger partial charge in [0.1, 0.15) is 0 Å². The van der Waals surface area contributed by atoms with Crippen molar-refractivity contribution in [3.05, 3.63) is 217 Å². The number of hydrogen-bond donors (Lipinski definition) is 0. The molecule has 0 spiro atoms. The minimum Gasteiger partial charge on any atom is -0.0616 e. The Labute approximate surface area is 344 Å². The van der Waals surface area contributed by atoms with Crippen LogP contribution in [0.15, 0.2) is 206 Å². The standard InChI is InChI=1S/C59H40/c1-59(2)55-32-31-41(34-53(55)54-33-39-15-3-4-16-40(39)36-56(54)59)37-27-29-38(30-28-37)57-48-23-11-13-25-50(48)58(51-26-14-12-24-49(51)57)47-22-10-9-21-46(47)52-35-42-17-5-6-18-43(42)44-19-7-8-20-45(44)52/h3-36H,1-2H3. The normalized spacial score (nSPS) is 13.1. The van der Waals surface area contributed by atoms with E-state index in [1.807, 2.05) is 0 Å². The summed E-state index contributed by atoms with van der Waals surface area (Å²) in [5.41, 5.74) is 15.5. The Balaban J connectivity index is 1.01. The Morgan fingerprint density at radius 1 is 0.254 bits per heavy atom. The molecule has 0 aromatic heterocycles. The van der Waals surface area contributed by atoms with E-state index in [0.717, 1.165) is 0 Å². The summed E-state index contributed by atoms with van der Waals surface area (Å²) in [4.78, 5) is 0. The maximum Gasteiger partial charge on any atom is 0.0159 e. The zero-order valence-electron chi connectivity index (χ0n) is 33.1. The topological polar surface area (TPSA) is 0 Å². The second-order valence-corrected chi connectivity index (χ2v) is 16.8. The van der Waals surface area contributed by atoms with Gasteiger partial charge in [-0.05, 0) is 145 Å². The number of fused-ring (bicyclic) bond motifs is 9. The summed E-state index contributed by atoms with van der Waals surface area (Å²) in [5.74, 6) is 0. The lowest BCUT2D eigenvalue weighted by Gasteiger charge is -2.22. The molecule has 0 bridgehead atoms. The fourth-order valence-electron chi connectivity index (χ4n) is 10.4. The number of hydrogen-bond acceptors (Lipinski definition) is 0. The number of rotatable bonds is 4. The minimum absolute atomic E-state index is 0.0465. The van der Waals surface area contributed by atoms with E-state index in [1.54, 1.807) is 0 Å². The van der Waals surface area contributed by atoms with Crippen molar-refractivity contribution in [2.75, 3.05) is 0 Å². The SMILES string of the molecule is CC1(C)c2ccc(-c3ccc(-c4c5ccccc5c(-c5ccccc5-c5cc6ccccc6c6ccccc56)c5ccccc45)cc3)cc2-c2cc3ccccc3cc21. The first kappa shape index (κ1) is 33.8. The highest BCUT2D eigenvalue weighted by Gasteiger charge is 2.36. The van der Waals surface area contributed by atoms with Crippen molar-refractivity contribution in [3.63, 3.8) is 0 Å². The van der Waals surface area contributed by atoms with Crippen LogP contribution >= 0.6 is 0 Å². The molecule has 0 atom stereocenters. The average Bonchev–Trinajstić information content (AvgIpc) is 3.51. The molecular weight excluding hydrogens is 709 g/mol. The van der Waals surface area contributed by atoms with E-state index in [1.165, 1.54) is 121 Å². The first-order valence-corrected chi connectivity index (χ1v) is 20.8. The molecule has 1 aliphatic rings. The molecule has 0 aliphatic heterocycles. The van der Waals surface area contributed by atoms with Crippen molar-refractivity contribution in [1.82, 2.24) is 0 Å². The summed E-state index contributed by atoms with van der Waals surface area (Å²) < 4.78 is 0. The van der Waals surface area contributed by atoms with E-state index < -0.39 is 0 Å². The van der Waals surface area contributed by atoms with E-state index in [0.29, 0.717) is 0 Å². The van der Waals surface area contributed by atoms with Crippen LogP contribution in [0.5, 0.6) is 0 Å². The lowest BCUT2D eigenvalue weighted by Crippen LogP contribution is -2.14. The fourth-order valence-corrected chi connectivity index (χ4v) is 10.4. The van der Waals surface area contributed by atoms with Gasteiger partial charge in [0.15, 0.2) is 0 Å². The Bertz CT molecular complexity index is 3450. The third kappa shape index (κ3) is 5.09. The van der Waals surface area contributed by atoms with Crippen molar-refractivity contribution in [1.29, 1.82) is 0 Å². The third-order valence-electron chi connectivity index (χ3n) is 13.2. The fraction of sp³-hybridized carbons (Fsp3) is 0.0508. The molecule has 0 saturated carbocycles. The summed E-state index contributed by atoms with van der Waals surface area (Å²) in [5, 5.41) is 12.7. The van der Waals surface area contributed by atoms with Crippen LogP contribution in [0, 0.1) is 0 Å². The molecule has 1 aliphatic carbocycles. The minimum atomic E-state index is -0.0465. The van der Waals surface area contributed by atoms with E-state index in [9.17, 15) is 0 Å². The molecule has 59 heavy (non-hydrogen) atoms. The van der Waals surface area contributed by atoms with Gasteiger partial charge in [0, 0.05) is 5.41 Å². The quantitative estimate of drug-likeness (QED) is 0.124. The van der Waals surface area contributed by atoms with Crippen LogP contribution in [0.4, 0.5) is 0 Å². The van der Waals surface area contributed by atoms with Crippen LogP contribution in [0.1, 0.15) is 25.0 Å². The second-order valence-electron chi connectivity index (χ2n) is 16.8. The smallest absolute Gasteiger partial charge is 0.0159 e. The van der Waals surface area contributed by atoms with Gasteiger partial charge in [-0.2, -0.15) is 0 Å². The van der Waals surface area contributed by atoms with Crippen LogP contribution in [0.3, 0.4) is 0 Å². The second kappa shape index (κ2) is 12.9. The van der Waals surface area contributed by atoms with Crippen LogP contribution in [0.25, 0.3) is 109 Å². The molecule has 0 heterocycles. The van der Waals surface area contributed by atoms with E-state index in [-0.39, 0.29) is 5.41 Å². The van der Waals surface area contributed by atoms with Crippen LogP contribution in [-0.2, 0) is 5.41 Å². The summed E-state index contributed by atoms with van der Waals surface area (Å²) >= 11 is 0. The van der Waals surface area contributed by atoms with E-state index >= 15 is 0 Å². The van der Waals surface area contributed by atoms with Crippen LogP contribution < -0.4 is 0 Å². The highest BCUT2D eigenvalue weighted by molar-refractivity contribution is 6.23. The zero-order valence-corrected chi connectivity index (χ0v) is 33.1. The Morgan fingerprint density at radius 3 is 1.39 bits per heavy atom. The number of benzene rings is 11. The monoisotopic (exact) mass is 748 g/mol. The molecule has 11 aromatic carbocycles. The molecule has 0 amide bonds.